The molecule has 1 aliphatic rings. The van der Waals surface area contributed by atoms with Gasteiger partial charge in [-0.2, -0.15) is 11.8 Å². The van der Waals surface area contributed by atoms with Gasteiger partial charge < -0.3 is 15.1 Å². The molecule has 156 valence electrons. The summed E-state index contributed by atoms with van der Waals surface area (Å²) in [6.07, 6.45) is 2.75. The lowest BCUT2D eigenvalue weighted by molar-refractivity contribution is -0.132. The molecule has 1 atom stereocenters. The Kier molecular flexibility index (Phi) is 7.30. The third-order valence-electron chi connectivity index (χ3n) is 4.98. The summed E-state index contributed by atoms with van der Waals surface area (Å²) in [5.41, 5.74) is 2.74. The van der Waals surface area contributed by atoms with Gasteiger partial charge in [-0.05, 0) is 62.6 Å². The Balaban J connectivity index is 1.64. The number of hydrogen-bond acceptors (Lipinski definition) is 6. The number of aryl methyl sites for hydroxylation is 2. The molecule has 8 heteroatoms. The van der Waals surface area contributed by atoms with Crippen molar-refractivity contribution >= 4 is 29.3 Å². The first kappa shape index (κ1) is 21.4. The number of thioether (sulfide) groups is 1. The van der Waals surface area contributed by atoms with Gasteiger partial charge in [-0.1, -0.05) is 0 Å². The Morgan fingerprint density at radius 1 is 1.14 bits per heavy atom. The van der Waals surface area contributed by atoms with E-state index in [1.807, 2.05) is 31.1 Å². The van der Waals surface area contributed by atoms with Crippen molar-refractivity contribution in [3.63, 3.8) is 0 Å². The monoisotopic (exact) mass is 417 g/mol. The van der Waals surface area contributed by atoms with Gasteiger partial charge in [0.2, 0.25) is 11.9 Å². The maximum Gasteiger partial charge on any atom is 0.245 e. The van der Waals surface area contributed by atoms with Gasteiger partial charge >= 0.3 is 0 Å². The number of amides is 1. The molecule has 0 spiro atoms. The first-order chi connectivity index (χ1) is 14.0. The van der Waals surface area contributed by atoms with Crippen molar-refractivity contribution in [1.29, 1.82) is 0 Å². The number of aromatic nitrogens is 2. The minimum Gasteiger partial charge on any atom is -0.368 e. The van der Waals surface area contributed by atoms with Gasteiger partial charge in [0.1, 0.15) is 11.9 Å². The fourth-order valence-corrected chi connectivity index (χ4v) is 3.97. The van der Waals surface area contributed by atoms with E-state index in [-0.39, 0.29) is 17.8 Å². The van der Waals surface area contributed by atoms with Crippen LogP contribution in [0.5, 0.6) is 0 Å². The summed E-state index contributed by atoms with van der Waals surface area (Å²) in [6.45, 7) is 6.59. The van der Waals surface area contributed by atoms with Gasteiger partial charge in [0.25, 0.3) is 0 Å². The molecule has 0 aliphatic carbocycles. The summed E-state index contributed by atoms with van der Waals surface area (Å²) in [6, 6.07) is 8.08. The fraction of sp³-hybridized carbons (Fsp3) is 0.476. The van der Waals surface area contributed by atoms with E-state index in [1.165, 1.54) is 12.1 Å². The molecule has 0 saturated carbocycles. The Bertz CT molecular complexity index is 804. The molecule has 2 aromatic rings. The second kappa shape index (κ2) is 9.91. The van der Waals surface area contributed by atoms with Crippen LogP contribution in [0.15, 0.2) is 30.3 Å². The molecule has 0 radical (unpaired) electrons. The van der Waals surface area contributed by atoms with E-state index in [9.17, 15) is 9.18 Å². The second-order valence-corrected chi connectivity index (χ2v) is 8.23. The highest BCUT2D eigenvalue weighted by Crippen LogP contribution is 2.18. The number of nitrogens with zero attached hydrogens (tertiary/aromatic N) is 4. The van der Waals surface area contributed by atoms with E-state index in [4.69, 9.17) is 0 Å². The van der Waals surface area contributed by atoms with Crippen molar-refractivity contribution in [2.75, 3.05) is 48.4 Å². The van der Waals surface area contributed by atoms with Gasteiger partial charge in [0, 0.05) is 43.3 Å². The molecule has 1 fully saturated rings. The van der Waals surface area contributed by atoms with Crippen LogP contribution in [0.3, 0.4) is 0 Å². The maximum atomic E-state index is 13.2. The SMILES string of the molecule is CSCCC(Nc1nc(C)cc(C)n1)C(=O)N1CCN(c2ccc(F)cc2)CC1. The lowest BCUT2D eigenvalue weighted by Crippen LogP contribution is -2.53. The zero-order valence-electron chi connectivity index (χ0n) is 17.2. The topological polar surface area (TPSA) is 61.4 Å². The van der Waals surface area contributed by atoms with E-state index in [1.54, 1.807) is 23.9 Å². The van der Waals surface area contributed by atoms with E-state index in [2.05, 4.69) is 20.2 Å². The van der Waals surface area contributed by atoms with E-state index >= 15 is 0 Å². The van der Waals surface area contributed by atoms with Crippen molar-refractivity contribution in [1.82, 2.24) is 14.9 Å². The number of anilines is 2. The zero-order valence-corrected chi connectivity index (χ0v) is 18.0. The number of hydrogen-bond donors (Lipinski definition) is 1. The number of carbonyl (C=O) groups is 1. The van der Waals surface area contributed by atoms with Crippen LogP contribution >= 0.6 is 11.8 Å². The Morgan fingerprint density at radius 2 is 1.76 bits per heavy atom. The average molecular weight is 418 g/mol. The number of piperazine rings is 1. The molecule has 3 rings (SSSR count). The highest BCUT2D eigenvalue weighted by atomic mass is 32.2. The smallest absolute Gasteiger partial charge is 0.245 e. The first-order valence-corrected chi connectivity index (χ1v) is 11.2. The van der Waals surface area contributed by atoms with Crippen molar-refractivity contribution in [2.45, 2.75) is 26.3 Å². The predicted octanol–water partition coefficient (Wildman–Crippen LogP) is 3.11. The summed E-state index contributed by atoms with van der Waals surface area (Å²) < 4.78 is 13.2. The van der Waals surface area contributed by atoms with Crippen LogP contribution in [0.4, 0.5) is 16.0 Å². The van der Waals surface area contributed by atoms with Crippen molar-refractivity contribution in [3.8, 4) is 0 Å². The first-order valence-electron chi connectivity index (χ1n) is 9.83. The average Bonchev–Trinajstić information content (AvgIpc) is 2.70. The summed E-state index contributed by atoms with van der Waals surface area (Å²) in [5.74, 6) is 1.23. The van der Waals surface area contributed by atoms with Gasteiger partial charge in [-0.25, -0.2) is 14.4 Å². The quantitative estimate of drug-likeness (QED) is 0.747. The van der Waals surface area contributed by atoms with Crippen LogP contribution in [-0.2, 0) is 4.79 Å². The van der Waals surface area contributed by atoms with Crippen molar-refractivity contribution < 1.29 is 9.18 Å². The molecular weight excluding hydrogens is 389 g/mol. The van der Waals surface area contributed by atoms with Crippen molar-refractivity contribution in [3.05, 3.63) is 47.5 Å². The third kappa shape index (κ3) is 5.82. The minimum absolute atomic E-state index is 0.0839. The molecule has 1 aromatic carbocycles. The maximum absolute atomic E-state index is 13.2. The second-order valence-electron chi connectivity index (χ2n) is 7.24. The standard InChI is InChI=1S/C21H28FN5OS/c1-15-14-16(2)24-21(23-15)25-19(8-13-29-3)20(28)27-11-9-26(10-12-27)18-6-4-17(22)5-7-18/h4-7,14,19H,8-13H2,1-3H3,(H,23,24,25). The van der Waals surface area contributed by atoms with Crippen LogP contribution in [0.2, 0.25) is 0 Å². The normalized spacial score (nSPS) is 15.3. The highest BCUT2D eigenvalue weighted by Gasteiger charge is 2.28. The van der Waals surface area contributed by atoms with E-state index < -0.39 is 0 Å². The van der Waals surface area contributed by atoms with Gasteiger partial charge in [0.15, 0.2) is 0 Å². The molecule has 1 aromatic heterocycles. The number of carbonyl (C=O) groups excluding carboxylic acids is 1. The van der Waals surface area contributed by atoms with Crippen molar-refractivity contribution in [2.24, 2.45) is 0 Å². The van der Waals surface area contributed by atoms with E-state index in [0.717, 1.165) is 35.9 Å². The number of rotatable bonds is 7. The third-order valence-corrected chi connectivity index (χ3v) is 5.62. The molecule has 6 nitrogen and oxygen atoms in total. The van der Waals surface area contributed by atoms with Crippen LogP contribution in [0.1, 0.15) is 17.8 Å². The van der Waals surface area contributed by atoms with Gasteiger partial charge in [-0.15, -0.1) is 0 Å². The Hall–Kier alpha value is -2.35. The predicted molar refractivity (Wildman–Crippen MR) is 117 cm³/mol. The molecular formula is C21H28FN5OS. The fourth-order valence-electron chi connectivity index (χ4n) is 3.50. The minimum atomic E-state index is -0.346. The molecule has 1 unspecified atom stereocenters. The summed E-state index contributed by atoms with van der Waals surface area (Å²) >= 11 is 1.72. The lowest BCUT2D eigenvalue weighted by atomic mass is 10.1. The zero-order chi connectivity index (χ0) is 20.8. The molecule has 2 heterocycles. The lowest BCUT2D eigenvalue weighted by Gasteiger charge is -2.37. The molecule has 1 amide bonds. The highest BCUT2D eigenvalue weighted by molar-refractivity contribution is 7.98. The number of nitrogens with one attached hydrogen (secondary N) is 1. The van der Waals surface area contributed by atoms with Gasteiger partial charge in [-0.3, -0.25) is 4.79 Å². The largest absolute Gasteiger partial charge is 0.368 e. The number of halogens is 1. The molecule has 29 heavy (non-hydrogen) atoms. The molecule has 1 aliphatic heterocycles. The van der Waals surface area contributed by atoms with Gasteiger partial charge in [0.05, 0.1) is 0 Å². The van der Waals surface area contributed by atoms with Crippen LogP contribution < -0.4 is 10.2 Å². The molecule has 1 saturated heterocycles. The summed E-state index contributed by atoms with van der Waals surface area (Å²) in [7, 11) is 0. The molecule has 0 bridgehead atoms. The summed E-state index contributed by atoms with van der Waals surface area (Å²) in [4.78, 5) is 26.1. The number of benzene rings is 1. The van der Waals surface area contributed by atoms with Crippen LogP contribution in [-0.4, -0.2) is 65.0 Å². The van der Waals surface area contributed by atoms with Crippen LogP contribution in [0, 0.1) is 19.7 Å². The van der Waals surface area contributed by atoms with Crippen LogP contribution in [0.25, 0.3) is 0 Å². The Labute approximate surface area is 175 Å². The van der Waals surface area contributed by atoms with E-state index in [0.29, 0.717) is 25.5 Å². The molecule has 1 N–H and O–H groups in total. The summed E-state index contributed by atoms with van der Waals surface area (Å²) in [5, 5.41) is 3.26. The Morgan fingerprint density at radius 3 is 2.34 bits per heavy atom.